The van der Waals surface area contributed by atoms with Gasteiger partial charge < -0.3 is 5.32 Å². The van der Waals surface area contributed by atoms with Gasteiger partial charge in [-0.3, -0.25) is 4.79 Å². The number of amides is 1. The SMILES string of the molecule is Cc1ccc(C(=O)NC(C)(C)C#N)c(Cl)c1. The second kappa shape index (κ2) is 4.54. The highest BCUT2D eigenvalue weighted by atomic mass is 35.5. The zero-order valence-corrected chi connectivity index (χ0v) is 10.2. The molecule has 1 rings (SSSR count). The van der Waals surface area contributed by atoms with Gasteiger partial charge in [0.1, 0.15) is 5.54 Å². The van der Waals surface area contributed by atoms with E-state index in [9.17, 15) is 4.79 Å². The van der Waals surface area contributed by atoms with E-state index in [0.717, 1.165) is 5.56 Å². The predicted octanol–water partition coefficient (Wildman–Crippen LogP) is 2.68. The summed E-state index contributed by atoms with van der Waals surface area (Å²) >= 11 is 5.95. The van der Waals surface area contributed by atoms with Crippen molar-refractivity contribution in [3.05, 3.63) is 34.3 Å². The van der Waals surface area contributed by atoms with E-state index in [2.05, 4.69) is 5.32 Å². The van der Waals surface area contributed by atoms with E-state index in [1.54, 1.807) is 32.0 Å². The zero-order chi connectivity index (χ0) is 12.3. The van der Waals surface area contributed by atoms with Gasteiger partial charge in [-0.2, -0.15) is 5.26 Å². The Kier molecular flexibility index (Phi) is 3.56. The van der Waals surface area contributed by atoms with Crippen molar-refractivity contribution in [2.75, 3.05) is 0 Å². The van der Waals surface area contributed by atoms with Crippen LogP contribution in [0.2, 0.25) is 5.02 Å². The molecule has 0 aromatic heterocycles. The van der Waals surface area contributed by atoms with E-state index >= 15 is 0 Å². The van der Waals surface area contributed by atoms with Gasteiger partial charge in [0.25, 0.3) is 5.91 Å². The van der Waals surface area contributed by atoms with E-state index in [-0.39, 0.29) is 5.91 Å². The lowest BCUT2D eigenvalue weighted by Gasteiger charge is -2.17. The van der Waals surface area contributed by atoms with Gasteiger partial charge in [-0.25, -0.2) is 0 Å². The van der Waals surface area contributed by atoms with Crippen molar-refractivity contribution >= 4 is 17.5 Å². The lowest BCUT2D eigenvalue weighted by Crippen LogP contribution is -2.42. The molecular formula is C12H13ClN2O. The number of nitriles is 1. The number of carbonyl (C=O) groups is 1. The number of carbonyl (C=O) groups excluding carboxylic acids is 1. The van der Waals surface area contributed by atoms with E-state index < -0.39 is 5.54 Å². The summed E-state index contributed by atoms with van der Waals surface area (Å²) < 4.78 is 0. The number of nitrogens with zero attached hydrogens (tertiary/aromatic N) is 1. The molecular weight excluding hydrogens is 224 g/mol. The molecule has 0 heterocycles. The van der Waals surface area contributed by atoms with Crippen LogP contribution in [0.15, 0.2) is 18.2 Å². The Morgan fingerprint density at radius 3 is 2.62 bits per heavy atom. The minimum Gasteiger partial charge on any atom is -0.334 e. The lowest BCUT2D eigenvalue weighted by molar-refractivity contribution is 0.0929. The normalized spacial score (nSPS) is 10.7. The molecule has 1 aromatic carbocycles. The van der Waals surface area contributed by atoms with Crippen LogP contribution in [-0.4, -0.2) is 11.4 Å². The van der Waals surface area contributed by atoms with E-state index in [1.165, 1.54) is 0 Å². The van der Waals surface area contributed by atoms with Crippen LogP contribution in [0.1, 0.15) is 29.8 Å². The van der Waals surface area contributed by atoms with Crippen LogP contribution >= 0.6 is 11.6 Å². The number of halogens is 1. The van der Waals surface area contributed by atoms with Gasteiger partial charge >= 0.3 is 0 Å². The summed E-state index contributed by atoms with van der Waals surface area (Å²) in [6.45, 7) is 5.16. The highest BCUT2D eigenvalue weighted by Crippen LogP contribution is 2.18. The van der Waals surface area contributed by atoms with Crippen LogP contribution in [0.5, 0.6) is 0 Å². The van der Waals surface area contributed by atoms with Crippen LogP contribution in [0.3, 0.4) is 0 Å². The molecule has 1 aromatic rings. The highest BCUT2D eigenvalue weighted by Gasteiger charge is 2.21. The Morgan fingerprint density at radius 2 is 2.12 bits per heavy atom. The Hall–Kier alpha value is -1.53. The van der Waals surface area contributed by atoms with Gasteiger partial charge in [-0.05, 0) is 38.5 Å². The number of hydrogen-bond donors (Lipinski definition) is 1. The summed E-state index contributed by atoms with van der Waals surface area (Å²) in [4.78, 5) is 11.8. The van der Waals surface area contributed by atoms with Crippen LogP contribution < -0.4 is 5.32 Å². The summed E-state index contributed by atoms with van der Waals surface area (Å²) in [5.41, 5.74) is 0.474. The van der Waals surface area contributed by atoms with Gasteiger partial charge in [-0.1, -0.05) is 17.7 Å². The second-order valence-corrected chi connectivity index (χ2v) is 4.58. The maximum absolute atomic E-state index is 11.8. The van der Waals surface area contributed by atoms with Crippen molar-refractivity contribution in [2.45, 2.75) is 26.3 Å². The Bertz CT molecular complexity index is 461. The molecule has 0 radical (unpaired) electrons. The van der Waals surface area contributed by atoms with Crippen molar-refractivity contribution < 1.29 is 4.79 Å². The monoisotopic (exact) mass is 236 g/mol. The minimum atomic E-state index is -0.898. The van der Waals surface area contributed by atoms with Crippen molar-refractivity contribution in [3.8, 4) is 6.07 Å². The molecule has 0 fully saturated rings. The molecule has 1 N–H and O–H groups in total. The predicted molar refractivity (Wildman–Crippen MR) is 63.3 cm³/mol. The van der Waals surface area contributed by atoms with Crippen molar-refractivity contribution in [1.82, 2.24) is 5.32 Å². The molecule has 1 amide bonds. The van der Waals surface area contributed by atoms with Gasteiger partial charge in [0.05, 0.1) is 16.7 Å². The zero-order valence-electron chi connectivity index (χ0n) is 9.47. The van der Waals surface area contributed by atoms with E-state index in [1.807, 2.05) is 13.0 Å². The summed E-state index contributed by atoms with van der Waals surface area (Å²) in [5, 5.41) is 11.8. The molecule has 0 saturated heterocycles. The van der Waals surface area contributed by atoms with E-state index in [0.29, 0.717) is 10.6 Å². The molecule has 0 aliphatic carbocycles. The summed E-state index contributed by atoms with van der Waals surface area (Å²) in [6.07, 6.45) is 0. The fourth-order valence-electron chi connectivity index (χ4n) is 1.18. The first-order chi connectivity index (χ1) is 7.35. The quantitative estimate of drug-likeness (QED) is 0.858. The molecule has 84 valence electrons. The van der Waals surface area contributed by atoms with Crippen LogP contribution in [0, 0.1) is 18.3 Å². The first kappa shape index (κ1) is 12.5. The van der Waals surface area contributed by atoms with Gasteiger partial charge in [0.15, 0.2) is 0 Å². The summed E-state index contributed by atoms with van der Waals surface area (Å²) in [7, 11) is 0. The molecule has 0 unspecified atom stereocenters. The molecule has 0 bridgehead atoms. The van der Waals surface area contributed by atoms with Gasteiger partial charge in [0.2, 0.25) is 0 Å². The third-order valence-corrected chi connectivity index (χ3v) is 2.39. The van der Waals surface area contributed by atoms with Crippen molar-refractivity contribution in [1.29, 1.82) is 5.26 Å². The van der Waals surface area contributed by atoms with Gasteiger partial charge in [0, 0.05) is 0 Å². The number of nitrogens with one attached hydrogen (secondary N) is 1. The molecule has 4 heteroatoms. The highest BCUT2D eigenvalue weighted by molar-refractivity contribution is 6.33. The molecule has 0 spiro atoms. The number of hydrogen-bond acceptors (Lipinski definition) is 2. The number of aryl methyl sites for hydroxylation is 1. The Balaban J connectivity index is 2.95. The Morgan fingerprint density at radius 1 is 1.50 bits per heavy atom. The maximum atomic E-state index is 11.8. The molecule has 0 saturated carbocycles. The molecule has 16 heavy (non-hydrogen) atoms. The first-order valence-electron chi connectivity index (χ1n) is 4.85. The maximum Gasteiger partial charge on any atom is 0.254 e. The molecule has 0 aliphatic rings. The average molecular weight is 237 g/mol. The van der Waals surface area contributed by atoms with Crippen molar-refractivity contribution in [2.24, 2.45) is 0 Å². The lowest BCUT2D eigenvalue weighted by atomic mass is 10.1. The second-order valence-electron chi connectivity index (χ2n) is 4.17. The largest absolute Gasteiger partial charge is 0.334 e. The molecule has 0 aliphatic heterocycles. The minimum absolute atomic E-state index is 0.337. The number of benzene rings is 1. The summed E-state index contributed by atoms with van der Waals surface area (Å²) in [5.74, 6) is -0.337. The fourth-order valence-corrected chi connectivity index (χ4v) is 1.50. The smallest absolute Gasteiger partial charge is 0.254 e. The fraction of sp³-hybridized carbons (Fsp3) is 0.333. The van der Waals surface area contributed by atoms with Crippen molar-refractivity contribution in [3.63, 3.8) is 0 Å². The summed E-state index contributed by atoms with van der Waals surface area (Å²) in [6, 6.07) is 7.17. The van der Waals surface area contributed by atoms with E-state index in [4.69, 9.17) is 16.9 Å². The Labute approximate surface area is 100 Å². The molecule has 0 atom stereocenters. The average Bonchev–Trinajstić information content (AvgIpc) is 2.16. The topological polar surface area (TPSA) is 52.9 Å². The standard InChI is InChI=1S/C12H13ClN2O/c1-8-4-5-9(10(13)6-8)11(16)15-12(2,3)7-14/h4-6H,1-3H3,(H,15,16). The van der Waals surface area contributed by atoms with Crippen LogP contribution in [0.4, 0.5) is 0 Å². The van der Waals surface area contributed by atoms with Crippen LogP contribution in [-0.2, 0) is 0 Å². The third kappa shape index (κ3) is 2.98. The van der Waals surface area contributed by atoms with Crippen LogP contribution in [0.25, 0.3) is 0 Å². The first-order valence-corrected chi connectivity index (χ1v) is 5.23. The third-order valence-electron chi connectivity index (χ3n) is 2.07. The number of rotatable bonds is 2. The van der Waals surface area contributed by atoms with Gasteiger partial charge in [-0.15, -0.1) is 0 Å². The molecule has 3 nitrogen and oxygen atoms in total.